The fourth-order valence-corrected chi connectivity index (χ4v) is 2.32. The summed E-state index contributed by atoms with van der Waals surface area (Å²) in [5.41, 5.74) is 0. The highest BCUT2D eigenvalue weighted by Crippen LogP contribution is 2.24. The summed E-state index contributed by atoms with van der Waals surface area (Å²) in [4.78, 5) is 33.3. The molecule has 6 nitrogen and oxygen atoms in total. The van der Waals surface area contributed by atoms with Gasteiger partial charge < -0.3 is 10.4 Å². The van der Waals surface area contributed by atoms with E-state index >= 15 is 0 Å². The van der Waals surface area contributed by atoms with Gasteiger partial charge in [0.05, 0.1) is 0 Å². The van der Waals surface area contributed by atoms with E-state index in [9.17, 15) is 14.4 Å². The zero-order chi connectivity index (χ0) is 14.3. The van der Waals surface area contributed by atoms with Gasteiger partial charge in [0.2, 0.25) is 5.91 Å². The van der Waals surface area contributed by atoms with Crippen LogP contribution in [0.4, 0.5) is 4.79 Å². The van der Waals surface area contributed by atoms with Gasteiger partial charge in [0.15, 0.2) is 0 Å². The number of amides is 3. The maximum absolute atomic E-state index is 11.6. The Morgan fingerprint density at radius 3 is 2.42 bits per heavy atom. The number of urea groups is 1. The molecule has 0 saturated heterocycles. The molecule has 0 aromatic rings. The SMILES string of the molecule is CC1CCCC1NC(=O)NC(=O)CCCCC(=O)O. The van der Waals surface area contributed by atoms with Gasteiger partial charge in [-0.15, -0.1) is 0 Å². The number of unbranched alkanes of at least 4 members (excludes halogenated alkanes) is 1. The Balaban J connectivity index is 2.13. The summed E-state index contributed by atoms with van der Waals surface area (Å²) in [5, 5.41) is 13.5. The lowest BCUT2D eigenvalue weighted by atomic mass is 10.1. The van der Waals surface area contributed by atoms with E-state index in [1.165, 1.54) is 0 Å². The fraction of sp³-hybridized carbons (Fsp3) is 0.769. The standard InChI is InChI=1S/C13H22N2O4/c1-9-5-4-6-10(9)14-13(19)15-11(16)7-2-3-8-12(17)18/h9-10H,2-8H2,1H3,(H,17,18)(H2,14,15,16,19). The number of carboxylic acids is 1. The molecule has 0 bridgehead atoms. The third-order valence-corrected chi connectivity index (χ3v) is 3.48. The van der Waals surface area contributed by atoms with E-state index in [0.29, 0.717) is 18.8 Å². The molecular weight excluding hydrogens is 248 g/mol. The number of hydrogen-bond donors (Lipinski definition) is 3. The fourth-order valence-electron chi connectivity index (χ4n) is 2.32. The first-order valence-electron chi connectivity index (χ1n) is 6.81. The summed E-state index contributed by atoms with van der Waals surface area (Å²) >= 11 is 0. The van der Waals surface area contributed by atoms with Crippen LogP contribution in [-0.2, 0) is 9.59 Å². The molecule has 108 valence electrons. The van der Waals surface area contributed by atoms with E-state index < -0.39 is 12.0 Å². The monoisotopic (exact) mass is 270 g/mol. The molecular formula is C13H22N2O4. The van der Waals surface area contributed by atoms with Crippen LogP contribution < -0.4 is 10.6 Å². The van der Waals surface area contributed by atoms with Gasteiger partial charge in [-0.25, -0.2) is 4.79 Å². The topological polar surface area (TPSA) is 95.5 Å². The average Bonchev–Trinajstić information content (AvgIpc) is 2.70. The van der Waals surface area contributed by atoms with Crippen LogP contribution in [0.1, 0.15) is 51.9 Å². The van der Waals surface area contributed by atoms with Crippen molar-refractivity contribution < 1.29 is 19.5 Å². The molecule has 0 spiro atoms. The highest BCUT2D eigenvalue weighted by Gasteiger charge is 2.25. The predicted octanol–water partition coefficient (Wildman–Crippen LogP) is 1.65. The van der Waals surface area contributed by atoms with Crippen LogP contribution in [0.25, 0.3) is 0 Å². The Bertz CT molecular complexity index is 344. The minimum Gasteiger partial charge on any atom is -0.481 e. The van der Waals surface area contributed by atoms with Crippen molar-refractivity contribution in [2.75, 3.05) is 0 Å². The highest BCUT2D eigenvalue weighted by atomic mass is 16.4. The normalized spacial score (nSPS) is 21.9. The Kier molecular flexibility index (Phi) is 6.32. The van der Waals surface area contributed by atoms with Gasteiger partial charge in [0.25, 0.3) is 0 Å². The lowest BCUT2D eigenvalue weighted by molar-refractivity contribution is -0.137. The molecule has 0 aliphatic heterocycles. The summed E-state index contributed by atoms with van der Waals surface area (Å²) < 4.78 is 0. The average molecular weight is 270 g/mol. The maximum Gasteiger partial charge on any atom is 0.321 e. The van der Waals surface area contributed by atoms with Crippen molar-refractivity contribution in [3.8, 4) is 0 Å². The van der Waals surface area contributed by atoms with Crippen LogP contribution in [-0.4, -0.2) is 29.1 Å². The number of aliphatic carboxylic acids is 1. The van der Waals surface area contributed by atoms with Crippen LogP contribution in [0.15, 0.2) is 0 Å². The Hall–Kier alpha value is -1.59. The van der Waals surface area contributed by atoms with E-state index in [1.54, 1.807) is 0 Å². The van der Waals surface area contributed by atoms with E-state index in [4.69, 9.17) is 5.11 Å². The molecule has 1 aliphatic carbocycles. The zero-order valence-corrected chi connectivity index (χ0v) is 11.3. The second-order valence-electron chi connectivity index (χ2n) is 5.14. The number of rotatable bonds is 6. The Morgan fingerprint density at radius 2 is 1.84 bits per heavy atom. The maximum atomic E-state index is 11.6. The third kappa shape index (κ3) is 6.22. The molecule has 0 heterocycles. The van der Waals surface area contributed by atoms with Gasteiger partial charge >= 0.3 is 12.0 Å². The molecule has 2 unspecified atom stereocenters. The van der Waals surface area contributed by atoms with Gasteiger partial charge in [-0.05, 0) is 31.6 Å². The molecule has 3 amide bonds. The van der Waals surface area contributed by atoms with Gasteiger partial charge in [0.1, 0.15) is 0 Å². The summed E-state index contributed by atoms with van der Waals surface area (Å²) in [5.74, 6) is -0.765. The van der Waals surface area contributed by atoms with Crippen molar-refractivity contribution in [2.24, 2.45) is 5.92 Å². The first kappa shape index (κ1) is 15.5. The second kappa shape index (κ2) is 7.76. The molecule has 3 N–H and O–H groups in total. The smallest absolute Gasteiger partial charge is 0.321 e. The quantitative estimate of drug-likeness (QED) is 0.639. The molecule has 19 heavy (non-hydrogen) atoms. The molecule has 0 aromatic heterocycles. The first-order chi connectivity index (χ1) is 8.99. The van der Waals surface area contributed by atoms with Gasteiger partial charge in [-0.2, -0.15) is 0 Å². The summed E-state index contributed by atoms with van der Waals surface area (Å²) in [6.07, 6.45) is 4.33. The third-order valence-electron chi connectivity index (χ3n) is 3.48. The van der Waals surface area contributed by atoms with E-state index in [2.05, 4.69) is 17.6 Å². The number of nitrogens with one attached hydrogen (secondary N) is 2. The van der Waals surface area contributed by atoms with Crippen LogP contribution in [0.2, 0.25) is 0 Å². The minimum atomic E-state index is -0.867. The number of carbonyl (C=O) groups is 3. The molecule has 0 aromatic carbocycles. The summed E-state index contributed by atoms with van der Waals surface area (Å²) in [6, 6.07) is -0.290. The Labute approximate surface area is 112 Å². The Morgan fingerprint density at radius 1 is 1.16 bits per heavy atom. The molecule has 1 fully saturated rings. The summed E-state index contributed by atoms with van der Waals surface area (Å²) in [7, 11) is 0. The molecule has 0 radical (unpaired) electrons. The zero-order valence-electron chi connectivity index (χ0n) is 11.3. The number of carbonyl (C=O) groups excluding carboxylic acids is 2. The predicted molar refractivity (Wildman–Crippen MR) is 69.6 cm³/mol. The second-order valence-corrected chi connectivity index (χ2v) is 5.14. The molecule has 2 atom stereocenters. The first-order valence-corrected chi connectivity index (χ1v) is 6.81. The largest absolute Gasteiger partial charge is 0.481 e. The lowest BCUT2D eigenvalue weighted by Gasteiger charge is -2.17. The van der Waals surface area contributed by atoms with E-state index in [0.717, 1.165) is 19.3 Å². The molecule has 1 rings (SSSR count). The van der Waals surface area contributed by atoms with Crippen molar-refractivity contribution in [1.29, 1.82) is 0 Å². The van der Waals surface area contributed by atoms with Gasteiger partial charge in [0, 0.05) is 18.9 Å². The minimum absolute atomic E-state index is 0.0546. The van der Waals surface area contributed by atoms with Crippen molar-refractivity contribution in [3.63, 3.8) is 0 Å². The number of carboxylic acid groups (broad SMARTS) is 1. The van der Waals surface area contributed by atoms with Crippen molar-refractivity contribution in [2.45, 2.75) is 57.9 Å². The van der Waals surface area contributed by atoms with Gasteiger partial charge in [-0.1, -0.05) is 13.3 Å². The van der Waals surface area contributed by atoms with Crippen LogP contribution in [0.5, 0.6) is 0 Å². The van der Waals surface area contributed by atoms with Crippen molar-refractivity contribution in [3.05, 3.63) is 0 Å². The highest BCUT2D eigenvalue weighted by molar-refractivity contribution is 5.94. The number of hydrogen-bond acceptors (Lipinski definition) is 3. The molecule has 1 saturated carbocycles. The van der Waals surface area contributed by atoms with Crippen LogP contribution in [0.3, 0.4) is 0 Å². The lowest BCUT2D eigenvalue weighted by Crippen LogP contribution is -2.45. The van der Waals surface area contributed by atoms with Crippen LogP contribution in [0, 0.1) is 5.92 Å². The van der Waals surface area contributed by atoms with Crippen LogP contribution >= 0.6 is 0 Å². The van der Waals surface area contributed by atoms with Gasteiger partial charge in [-0.3, -0.25) is 14.9 Å². The van der Waals surface area contributed by atoms with E-state index in [1.807, 2.05) is 0 Å². The number of imide groups is 1. The summed E-state index contributed by atoms with van der Waals surface area (Å²) in [6.45, 7) is 2.09. The van der Waals surface area contributed by atoms with Crippen molar-refractivity contribution >= 4 is 17.9 Å². The molecule has 1 aliphatic rings. The van der Waals surface area contributed by atoms with E-state index in [-0.39, 0.29) is 24.8 Å². The molecule has 6 heteroatoms. The van der Waals surface area contributed by atoms with Crippen molar-refractivity contribution in [1.82, 2.24) is 10.6 Å².